The van der Waals surface area contributed by atoms with E-state index < -0.39 is 29.7 Å². The van der Waals surface area contributed by atoms with Gasteiger partial charge in [0.15, 0.2) is 0 Å². The summed E-state index contributed by atoms with van der Waals surface area (Å²) in [6, 6.07) is 5.17. The van der Waals surface area contributed by atoms with Crippen molar-refractivity contribution in [3.8, 4) is 5.75 Å². The molecule has 0 unspecified atom stereocenters. The molecule has 1 N–H and O–H groups in total. The quantitative estimate of drug-likeness (QED) is 0.133. The average Bonchev–Trinajstić information content (AvgIpc) is 3.82. The van der Waals surface area contributed by atoms with E-state index in [2.05, 4.69) is 12.2 Å². The van der Waals surface area contributed by atoms with Crippen molar-refractivity contribution in [3.63, 3.8) is 0 Å². The highest BCUT2D eigenvalue weighted by Gasteiger charge is 2.41. The minimum atomic E-state index is -0.840. The monoisotopic (exact) mass is 742 g/mol. The minimum Gasteiger partial charge on any atom is -0.491 e. The van der Waals surface area contributed by atoms with Crippen molar-refractivity contribution in [1.82, 2.24) is 20.1 Å². The number of ether oxygens (including phenoxy) is 4. The molecule has 13 heteroatoms. The van der Waals surface area contributed by atoms with Gasteiger partial charge < -0.3 is 29.2 Å². The molecule has 1 saturated carbocycles. The summed E-state index contributed by atoms with van der Waals surface area (Å²) < 4.78 is 22.4. The second-order valence-corrected chi connectivity index (χ2v) is 15.6. The third-order valence-electron chi connectivity index (χ3n) is 9.51. The molecule has 0 spiro atoms. The largest absolute Gasteiger partial charge is 0.491 e. The fourth-order valence-corrected chi connectivity index (χ4v) is 7.41. The van der Waals surface area contributed by atoms with Crippen molar-refractivity contribution in [2.75, 3.05) is 46.6 Å². The zero-order valence-corrected chi connectivity index (χ0v) is 32.6. The van der Waals surface area contributed by atoms with Crippen LogP contribution in [0.1, 0.15) is 120 Å². The molecule has 2 aromatic rings. The van der Waals surface area contributed by atoms with Gasteiger partial charge in [-0.1, -0.05) is 44.7 Å². The number of aromatic nitrogens is 1. The van der Waals surface area contributed by atoms with Crippen molar-refractivity contribution in [3.05, 3.63) is 45.9 Å². The number of likely N-dealkylation sites (N-methyl/N-ethyl adjacent to an activating group) is 1. The van der Waals surface area contributed by atoms with E-state index in [4.69, 9.17) is 23.9 Å². The van der Waals surface area contributed by atoms with Gasteiger partial charge in [-0.05, 0) is 77.8 Å². The number of carbonyl (C=O) groups excluding carboxylic acids is 4. The van der Waals surface area contributed by atoms with E-state index in [1.165, 1.54) is 23.3 Å². The molecule has 4 rings (SSSR count). The smallest absolute Gasteiger partial charge is 0.410 e. The number of nitrogens with zero attached hydrogens (tertiary/aromatic N) is 3. The summed E-state index contributed by atoms with van der Waals surface area (Å²) in [7, 11) is 1.53. The molecule has 1 saturated heterocycles. The van der Waals surface area contributed by atoms with Crippen LogP contribution in [-0.4, -0.2) is 103 Å². The summed E-state index contributed by atoms with van der Waals surface area (Å²) in [6.07, 6.45) is 7.81. The van der Waals surface area contributed by atoms with E-state index in [-0.39, 0.29) is 23.7 Å². The van der Waals surface area contributed by atoms with Gasteiger partial charge in [0.2, 0.25) is 17.6 Å². The van der Waals surface area contributed by atoms with E-state index >= 15 is 0 Å². The highest BCUT2D eigenvalue weighted by Crippen LogP contribution is 2.37. The number of thiazole rings is 1. The maximum absolute atomic E-state index is 14.4. The first-order valence-electron chi connectivity index (χ1n) is 18.8. The SMILES string of the molecule is CCCCOCCOCCOc1cccc(C(=O)c2csc([C@@H]3CCCN3C(=O)[C@@H](NC(=O)[C@H](C)N(C)C(=O)OC(C)(C)C)C3CCCCC3)n2)c1. The van der Waals surface area contributed by atoms with E-state index in [1.54, 1.807) is 57.3 Å². The van der Waals surface area contributed by atoms with Crippen LogP contribution in [0.4, 0.5) is 4.79 Å². The maximum Gasteiger partial charge on any atom is 0.410 e. The Kier molecular flexibility index (Phi) is 15.9. The first-order valence-corrected chi connectivity index (χ1v) is 19.7. The molecule has 2 aliphatic rings. The number of benzene rings is 1. The van der Waals surface area contributed by atoms with Crippen molar-refractivity contribution < 1.29 is 38.1 Å². The Morgan fingerprint density at radius 3 is 2.42 bits per heavy atom. The van der Waals surface area contributed by atoms with Gasteiger partial charge in [-0.3, -0.25) is 19.3 Å². The summed E-state index contributed by atoms with van der Waals surface area (Å²) in [5.41, 5.74) is 0.0773. The first kappa shape index (κ1) is 41.2. The van der Waals surface area contributed by atoms with Crippen LogP contribution in [0.2, 0.25) is 0 Å². The Bertz CT molecular complexity index is 1470. The van der Waals surface area contributed by atoms with Gasteiger partial charge in [-0.25, -0.2) is 9.78 Å². The third-order valence-corrected chi connectivity index (χ3v) is 10.5. The lowest BCUT2D eigenvalue weighted by atomic mass is 9.83. The van der Waals surface area contributed by atoms with Gasteiger partial charge in [-0.2, -0.15) is 0 Å². The number of unbranched alkanes of at least 4 members (excludes halogenated alkanes) is 1. The van der Waals surface area contributed by atoms with Crippen molar-refractivity contribution >= 4 is 35.0 Å². The summed E-state index contributed by atoms with van der Waals surface area (Å²) in [4.78, 5) is 62.0. The normalized spacial score (nSPS) is 17.7. The van der Waals surface area contributed by atoms with E-state index in [0.29, 0.717) is 61.4 Å². The number of likely N-dealkylation sites (tertiary alicyclic amines) is 1. The van der Waals surface area contributed by atoms with Gasteiger partial charge in [0.25, 0.3) is 0 Å². The summed E-state index contributed by atoms with van der Waals surface area (Å²) in [5, 5.41) is 5.49. The maximum atomic E-state index is 14.4. The molecule has 1 aromatic carbocycles. The Labute approximate surface area is 312 Å². The molecule has 3 amide bonds. The Balaban J connectivity index is 1.39. The molecule has 1 aliphatic carbocycles. The number of ketones is 1. The highest BCUT2D eigenvalue weighted by atomic mass is 32.1. The number of nitrogens with one attached hydrogen (secondary N) is 1. The lowest BCUT2D eigenvalue weighted by Crippen LogP contribution is -2.56. The van der Waals surface area contributed by atoms with Crippen molar-refractivity contribution in [2.45, 2.75) is 116 Å². The predicted molar refractivity (Wildman–Crippen MR) is 200 cm³/mol. The van der Waals surface area contributed by atoms with Crippen LogP contribution in [-0.2, 0) is 23.8 Å². The number of hydrogen-bond acceptors (Lipinski definition) is 10. The van der Waals surface area contributed by atoms with Crippen LogP contribution in [0.5, 0.6) is 5.75 Å². The molecule has 12 nitrogen and oxygen atoms in total. The van der Waals surface area contributed by atoms with Crippen LogP contribution < -0.4 is 10.1 Å². The number of amides is 3. The molecule has 0 radical (unpaired) electrons. The number of rotatable bonds is 18. The molecule has 0 bridgehead atoms. The molecule has 3 atom stereocenters. The molecular formula is C39H58N4O8S. The minimum absolute atomic E-state index is 0.00968. The second kappa shape index (κ2) is 20.1. The van der Waals surface area contributed by atoms with Crippen LogP contribution in [0.15, 0.2) is 29.6 Å². The van der Waals surface area contributed by atoms with Crippen molar-refractivity contribution in [1.29, 1.82) is 0 Å². The highest BCUT2D eigenvalue weighted by molar-refractivity contribution is 7.10. The Hall–Kier alpha value is -3.55. The van der Waals surface area contributed by atoms with E-state index in [9.17, 15) is 19.2 Å². The van der Waals surface area contributed by atoms with Crippen LogP contribution >= 0.6 is 11.3 Å². The van der Waals surface area contributed by atoms with Crippen LogP contribution in [0, 0.1) is 5.92 Å². The fraction of sp³-hybridized carbons (Fsp3) is 0.667. The van der Waals surface area contributed by atoms with Crippen LogP contribution in [0.3, 0.4) is 0 Å². The second-order valence-electron chi connectivity index (χ2n) is 14.7. The van der Waals surface area contributed by atoms with Gasteiger partial charge in [0, 0.05) is 31.1 Å². The first-order chi connectivity index (χ1) is 24.9. The van der Waals surface area contributed by atoms with Gasteiger partial charge in [0.05, 0.1) is 25.9 Å². The predicted octanol–water partition coefficient (Wildman–Crippen LogP) is 6.57. The fourth-order valence-electron chi connectivity index (χ4n) is 6.46. The lowest BCUT2D eigenvalue weighted by Gasteiger charge is -2.36. The molecule has 1 aromatic heterocycles. The van der Waals surface area contributed by atoms with Gasteiger partial charge in [0.1, 0.15) is 40.7 Å². The number of carbonyl (C=O) groups is 4. The van der Waals surface area contributed by atoms with E-state index in [1.807, 2.05) is 4.90 Å². The molecule has 2 heterocycles. The summed E-state index contributed by atoms with van der Waals surface area (Å²) in [5.74, 6) is -0.208. The average molecular weight is 743 g/mol. The summed E-state index contributed by atoms with van der Waals surface area (Å²) >= 11 is 1.37. The molecular weight excluding hydrogens is 685 g/mol. The standard InChI is InChI=1S/C39H58N4O8S/c1-7-8-20-48-21-22-49-23-24-50-30-17-12-16-29(25-30)34(44)31-26-52-36(40-31)32-18-13-19-43(32)37(46)33(28-14-10-9-11-15-28)41-35(45)27(2)42(6)38(47)51-39(3,4)5/h12,16-17,25-28,32-33H,7-11,13-15,18-24H2,1-6H3,(H,41,45)/t27-,32-,33-/m0/s1. The zero-order valence-electron chi connectivity index (χ0n) is 31.8. The molecule has 1 aliphatic heterocycles. The Morgan fingerprint density at radius 1 is 1.00 bits per heavy atom. The van der Waals surface area contributed by atoms with Crippen molar-refractivity contribution in [2.24, 2.45) is 5.92 Å². The zero-order chi connectivity index (χ0) is 37.7. The van der Waals surface area contributed by atoms with Gasteiger partial charge in [-0.15, -0.1) is 11.3 Å². The van der Waals surface area contributed by atoms with Gasteiger partial charge >= 0.3 is 6.09 Å². The Morgan fingerprint density at radius 2 is 1.71 bits per heavy atom. The summed E-state index contributed by atoms with van der Waals surface area (Å²) in [6.45, 7) is 12.2. The number of hydrogen-bond donors (Lipinski definition) is 1. The topological polar surface area (TPSA) is 137 Å². The molecule has 52 heavy (non-hydrogen) atoms. The lowest BCUT2D eigenvalue weighted by molar-refractivity contribution is -0.140. The third kappa shape index (κ3) is 12.0. The van der Waals surface area contributed by atoms with Crippen LogP contribution in [0.25, 0.3) is 0 Å². The molecule has 2 fully saturated rings. The molecule has 288 valence electrons. The van der Waals surface area contributed by atoms with E-state index in [0.717, 1.165) is 58.0 Å².